The van der Waals surface area contributed by atoms with Gasteiger partial charge < -0.3 is 19.9 Å². The number of phenols is 1. The Balaban J connectivity index is 1.71. The Morgan fingerprint density at radius 3 is 2.32 bits per heavy atom. The highest BCUT2D eigenvalue weighted by molar-refractivity contribution is 6.11. The number of carboxylic acid groups (broad SMARTS) is 1. The van der Waals surface area contributed by atoms with Crippen LogP contribution in [0.3, 0.4) is 0 Å². The third-order valence-electron chi connectivity index (χ3n) is 4.52. The number of fused-ring (bicyclic) bond motifs is 2. The largest absolute Gasteiger partial charge is 0.507 e. The number of aromatic hydroxyl groups is 1. The first-order chi connectivity index (χ1) is 13.3. The fraction of sp³-hybridized carbons (Fsp3) is 0.100. The first kappa shape index (κ1) is 17.5. The van der Waals surface area contributed by atoms with Crippen molar-refractivity contribution in [3.63, 3.8) is 0 Å². The summed E-state index contributed by atoms with van der Waals surface area (Å²) >= 11 is 0. The summed E-state index contributed by atoms with van der Waals surface area (Å²) in [5, 5.41) is 21.3. The van der Waals surface area contributed by atoms with Crippen LogP contribution in [-0.2, 0) is 0 Å². The second kappa shape index (κ2) is 6.34. The number of aromatic carboxylic acids is 1. The van der Waals surface area contributed by atoms with Gasteiger partial charge in [0.2, 0.25) is 5.71 Å². The van der Waals surface area contributed by atoms with E-state index in [2.05, 4.69) is 15.3 Å². The van der Waals surface area contributed by atoms with Gasteiger partial charge in [0, 0.05) is 11.8 Å². The molecule has 2 aromatic heterocycles. The number of carboxylic acids is 1. The smallest absolute Gasteiger partial charge is 0.339 e. The van der Waals surface area contributed by atoms with Crippen molar-refractivity contribution in [1.82, 2.24) is 9.97 Å². The van der Waals surface area contributed by atoms with Crippen molar-refractivity contribution in [2.45, 2.75) is 13.8 Å². The number of aryl methyl sites for hydroxylation is 2. The van der Waals surface area contributed by atoms with Gasteiger partial charge in [-0.1, -0.05) is 0 Å². The van der Waals surface area contributed by atoms with Gasteiger partial charge in [0.1, 0.15) is 28.7 Å². The van der Waals surface area contributed by atoms with E-state index in [0.717, 1.165) is 17.2 Å². The lowest BCUT2D eigenvalue weighted by molar-refractivity contribution is 0.0693. The molecule has 0 spiro atoms. The van der Waals surface area contributed by atoms with Gasteiger partial charge in [-0.25, -0.2) is 14.8 Å². The molecule has 0 radical (unpaired) electrons. The molecule has 0 saturated carbocycles. The first-order valence-corrected chi connectivity index (χ1v) is 8.37. The monoisotopic (exact) mass is 377 g/mol. The number of amides is 1. The summed E-state index contributed by atoms with van der Waals surface area (Å²) in [7, 11) is 0. The van der Waals surface area contributed by atoms with Crippen molar-refractivity contribution in [3.8, 4) is 5.75 Å². The third-order valence-corrected chi connectivity index (χ3v) is 4.52. The minimum atomic E-state index is -1.26. The molecule has 4 aromatic rings. The quantitative estimate of drug-likeness (QED) is 0.497. The maximum Gasteiger partial charge on any atom is 0.339 e. The van der Waals surface area contributed by atoms with Gasteiger partial charge >= 0.3 is 5.97 Å². The van der Waals surface area contributed by atoms with Gasteiger partial charge in [0.15, 0.2) is 0 Å². The van der Waals surface area contributed by atoms with Gasteiger partial charge in [-0.2, -0.15) is 0 Å². The molecule has 0 aliphatic heterocycles. The molecule has 0 aliphatic rings. The summed E-state index contributed by atoms with van der Waals surface area (Å²) in [5.41, 5.74) is 4.19. The number of carbonyl (C=O) groups is 2. The molecule has 140 valence electrons. The maximum atomic E-state index is 12.6. The second-order valence-corrected chi connectivity index (χ2v) is 6.44. The van der Waals surface area contributed by atoms with E-state index in [1.165, 1.54) is 18.4 Å². The molecule has 8 nitrogen and oxygen atoms in total. The molecule has 8 heteroatoms. The van der Waals surface area contributed by atoms with Crippen LogP contribution < -0.4 is 5.32 Å². The van der Waals surface area contributed by atoms with Crippen molar-refractivity contribution in [3.05, 3.63) is 58.8 Å². The summed E-state index contributed by atoms with van der Waals surface area (Å²) in [6, 6.07) is 7.56. The van der Waals surface area contributed by atoms with Crippen LogP contribution >= 0.6 is 0 Å². The fourth-order valence-corrected chi connectivity index (χ4v) is 2.87. The lowest BCUT2D eigenvalue weighted by Gasteiger charge is -2.06. The molecule has 4 rings (SSSR count). The van der Waals surface area contributed by atoms with E-state index >= 15 is 0 Å². The molecular formula is C20H15N3O5. The summed E-state index contributed by atoms with van der Waals surface area (Å²) in [6.45, 7) is 3.95. The van der Waals surface area contributed by atoms with Gasteiger partial charge in [-0.3, -0.25) is 4.79 Å². The number of carbonyl (C=O) groups excluding carboxylic acids is 1. The number of hydrogen-bond donors (Lipinski definition) is 3. The molecule has 2 heterocycles. The highest BCUT2D eigenvalue weighted by Crippen LogP contribution is 2.26. The topological polar surface area (TPSA) is 126 Å². The van der Waals surface area contributed by atoms with E-state index in [9.17, 15) is 14.7 Å². The lowest BCUT2D eigenvalue weighted by atomic mass is 10.1. The summed E-state index contributed by atoms with van der Waals surface area (Å²) in [5.74, 6) is -2.22. The molecule has 2 aromatic carbocycles. The molecule has 0 fully saturated rings. The van der Waals surface area contributed by atoms with Crippen molar-refractivity contribution in [2.24, 2.45) is 0 Å². The lowest BCUT2D eigenvalue weighted by Crippen LogP contribution is -2.12. The Bertz CT molecular complexity index is 1280. The molecule has 0 unspecified atom stereocenters. The fourth-order valence-electron chi connectivity index (χ4n) is 2.87. The second-order valence-electron chi connectivity index (χ2n) is 6.44. The average molecular weight is 377 g/mol. The molecular weight excluding hydrogens is 362 g/mol. The standard InChI is InChI=1S/C20H15N3O5/c1-9-5-14-15(6-10(9)2)23-19-17(22-14)13(8-28-19)18(25)21-11-3-4-12(20(26)27)16(24)7-11/h3-8,24H,1-2H3,(H,21,25)(H,26,27). The van der Waals surface area contributed by atoms with E-state index < -0.39 is 17.6 Å². The van der Waals surface area contributed by atoms with Crippen molar-refractivity contribution in [1.29, 1.82) is 0 Å². The molecule has 0 aliphatic carbocycles. The normalized spacial score (nSPS) is 11.1. The van der Waals surface area contributed by atoms with Crippen molar-refractivity contribution < 1.29 is 24.2 Å². The number of hydrogen-bond acceptors (Lipinski definition) is 6. The number of rotatable bonds is 3. The van der Waals surface area contributed by atoms with Crippen LogP contribution in [0.5, 0.6) is 5.75 Å². The molecule has 1 amide bonds. The summed E-state index contributed by atoms with van der Waals surface area (Å²) in [6.07, 6.45) is 1.27. The van der Waals surface area contributed by atoms with E-state index in [-0.39, 0.29) is 22.5 Å². The predicted molar refractivity (Wildman–Crippen MR) is 102 cm³/mol. The van der Waals surface area contributed by atoms with E-state index in [1.807, 2.05) is 26.0 Å². The predicted octanol–water partition coefficient (Wildman–Crippen LogP) is 3.65. The van der Waals surface area contributed by atoms with Crippen molar-refractivity contribution in [2.75, 3.05) is 5.32 Å². The minimum absolute atomic E-state index is 0.185. The Morgan fingerprint density at radius 1 is 1.00 bits per heavy atom. The number of anilines is 1. The van der Waals surface area contributed by atoms with Crippen LogP contribution in [0.1, 0.15) is 31.8 Å². The van der Waals surface area contributed by atoms with Crippen LogP contribution in [-0.4, -0.2) is 32.1 Å². The molecule has 28 heavy (non-hydrogen) atoms. The summed E-state index contributed by atoms with van der Waals surface area (Å²) < 4.78 is 5.40. The zero-order valence-electron chi connectivity index (χ0n) is 15.0. The molecule has 0 saturated heterocycles. The molecule has 0 bridgehead atoms. The first-order valence-electron chi connectivity index (χ1n) is 8.37. The van der Waals surface area contributed by atoms with Crippen LogP contribution in [0.2, 0.25) is 0 Å². The number of nitrogens with zero attached hydrogens (tertiary/aromatic N) is 2. The molecule has 3 N–H and O–H groups in total. The number of furan rings is 1. The number of benzene rings is 2. The van der Waals surface area contributed by atoms with Crippen LogP contribution in [0.4, 0.5) is 5.69 Å². The van der Waals surface area contributed by atoms with Gasteiger partial charge in [0.05, 0.1) is 11.0 Å². The molecule has 0 atom stereocenters. The SMILES string of the molecule is Cc1cc2nc3occ(C(=O)Nc4ccc(C(=O)O)c(O)c4)c3nc2cc1C. The zero-order valence-corrected chi connectivity index (χ0v) is 15.0. The Kier molecular flexibility index (Phi) is 3.96. The zero-order chi connectivity index (χ0) is 20.0. The Hall–Kier alpha value is -3.94. The van der Waals surface area contributed by atoms with Gasteiger partial charge in [-0.05, 0) is 49.2 Å². The van der Waals surface area contributed by atoms with Gasteiger partial charge in [-0.15, -0.1) is 0 Å². The van der Waals surface area contributed by atoms with Crippen LogP contribution in [0.25, 0.3) is 22.3 Å². The Morgan fingerprint density at radius 2 is 1.68 bits per heavy atom. The summed E-state index contributed by atoms with van der Waals surface area (Å²) in [4.78, 5) is 32.5. The average Bonchev–Trinajstić information content (AvgIpc) is 3.03. The number of aromatic nitrogens is 2. The third kappa shape index (κ3) is 2.90. The number of nitrogens with one attached hydrogen (secondary N) is 1. The van der Waals surface area contributed by atoms with Crippen LogP contribution in [0.15, 0.2) is 41.0 Å². The Labute approximate surface area is 158 Å². The van der Waals surface area contributed by atoms with E-state index in [0.29, 0.717) is 16.6 Å². The minimum Gasteiger partial charge on any atom is -0.507 e. The van der Waals surface area contributed by atoms with E-state index in [1.54, 1.807) is 0 Å². The van der Waals surface area contributed by atoms with Crippen LogP contribution in [0, 0.1) is 13.8 Å². The van der Waals surface area contributed by atoms with E-state index in [4.69, 9.17) is 9.52 Å². The highest BCUT2D eigenvalue weighted by atomic mass is 16.4. The van der Waals surface area contributed by atoms with Gasteiger partial charge in [0.25, 0.3) is 5.91 Å². The van der Waals surface area contributed by atoms with Crippen molar-refractivity contribution >= 4 is 39.8 Å². The maximum absolute atomic E-state index is 12.6. The highest BCUT2D eigenvalue weighted by Gasteiger charge is 2.18.